The van der Waals surface area contributed by atoms with Crippen LogP contribution in [0, 0.1) is 11.6 Å². The van der Waals surface area contributed by atoms with Crippen LogP contribution in [0.25, 0.3) is 16.7 Å². The van der Waals surface area contributed by atoms with E-state index in [2.05, 4.69) is 20.9 Å². The summed E-state index contributed by atoms with van der Waals surface area (Å²) in [6.07, 6.45) is 0. The topological polar surface area (TPSA) is 17.8 Å². The number of imidazole rings is 1. The molecule has 0 saturated heterocycles. The van der Waals surface area contributed by atoms with E-state index in [1.807, 2.05) is 0 Å². The fraction of sp³-hybridized carbons (Fsp3) is 0.0714. The fourth-order valence-corrected chi connectivity index (χ4v) is 2.85. The van der Waals surface area contributed by atoms with Crippen molar-refractivity contribution in [3.8, 4) is 5.69 Å². The molecule has 0 bridgehead atoms. The van der Waals surface area contributed by atoms with Crippen LogP contribution in [0.2, 0.25) is 5.02 Å². The van der Waals surface area contributed by atoms with Gasteiger partial charge in [-0.1, -0.05) is 11.6 Å². The minimum absolute atomic E-state index is 0.0841. The number of fused-ring (bicyclic) bond motifs is 1. The quantitative estimate of drug-likeness (QED) is 0.530. The molecule has 3 aromatic rings. The lowest BCUT2D eigenvalue weighted by Gasteiger charge is -2.10. The second kappa shape index (κ2) is 5.55. The number of benzene rings is 2. The van der Waals surface area contributed by atoms with Gasteiger partial charge in [-0.2, -0.15) is 0 Å². The van der Waals surface area contributed by atoms with Crippen LogP contribution >= 0.6 is 39.1 Å². The van der Waals surface area contributed by atoms with Crippen LogP contribution in [0.15, 0.2) is 34.8 Å². The summed E-state index contributed by atoms with van der Waals surface area (Å²) in [6.45, 7) is 0. The van der Waals surface area contributed by atoms with Crippen molar-refractivity contribution in [2.24, 2.45) is 0 Å². The lowest BCUT2D eigenvalue weighted by molar-refractivity contribution is 0.622. The molecule has 0 amide bonds. The summed E-state index contributed by atoms with van der Waals surface area (Å²) >= 11 is 15.1. The van der Waals surface area contributed by atoms with Crippen molar-refractivity contribution in [3.05, 3.63) is 57.3 Å². The summed E-state index contributed by atoms with van der Waals surface area (Å²) < 4.78 is 29.2. The zero-order valence-electron chi connectivity index (χ0n) is 10.4. The van der Waals surface area contributed by atoms with Crippen molar-refractivity contribution in [1.82, 2.24) is 9.55 Å². The first-order valence-corrected chi connectivity index (χ1v) is 7.59. The van der Waals surface area contributed by atoms with E-state index in [0.29, 0.717) is 32.0 Å². The summed E-state index contributed by atoms with van der Waals surface area (Å²) in [6, 6.07) is 6.81. The van der Waals surface area contributed by atoms with E-state index in [4.69, 9.17) is 23.2 Å². The predicted octanol–water partition coefficient (Wildman–Crippen LogP) is 5.46. The third-order valence-corrected chi connectivity index (χ3v) is 4.20. The first-order chi connectivity index (χ1) is 10.0. The van der Waals surface area contributed by atoms with Gasteiger partial charge in [0.05, 0.1) is 32.1 Å². The fourth-order valence-electron chi connectivity index (χ4n) is 2.14. The molecule has 0 fully saturated rings. The Hall–Kier alpha value is -1.17. The first-order valence-electron chi connectivity index (χ1n) is 5.89. The number of halogens is 5. The zero-order valence-corrected chi connectivity index (χ0v) is 13.5. The highest BCUT2D eigenvalue weighted by molar-refractivity contribution is 9.10. The van der Waals surface area contributed by atoms with E-state index in [-0.39, 0.29) is 5.88 Å². The van der Waals surface area contributed by atoms with Gasteiger partial charge in [0.25, 0.3) is 0 Å². The lowest BCUT2D eigenvalue weighted by Crippen LogP contribution is -2.01. The number of hydrogen-bond donors (Lipinski definition) is 0. The Morgan fingerprint density at radius 2 is 1.95 bits per heavy atom. The molecule has 108 valence electrons. The molecule has 2 aromatic carbocycles. The van der Waals surface area contributed by atoms with Gasteiger partial charge in [0.1, 0.15) is 17.5 Å². The van der Waals surface area contributed by atoms with Crippen molar-refractivity contribution in [1.29, 1.82) is 0 Å². The van der Waals surface area contributed by atoms with Gasteiger partial charge >= 0.3 is 0 Å². The van der Waals surface area contributed by atoms with Gasteiger partial charge < -0.3 is 0 Å². The van der Waals surface area contributed by atoms with Crippen LogP contribution in [0.3, 0.4) is 0 Å². The van der Waals surface area contributed by atoms with Gasteiger partial charge in [-0.15, -0.1) is 11.6 Å². The summed E-state index contributed by atoms with van der Waals surface area (Å²) in [5.41, 5.74) is 1.38. The minimum atomic E-state index is -0.450. The normalized spacial score (nSPS) is 11.3. The SMILES string of the molecule is Fc1ccc(Cl)c(-n2c(CCl)nc3cc(Br)c(F)cc32)c1. The van der Waals surface area contributed by atoms with Crippen molar-refractivity contribution < 1.29 is 8.78 Å². The standard InChI is InChI=1S/C14H7BrCl2F2N2/c15-8-4-11-13(5-10(8)19)21(14(6-16)20-11)12-3-7(18)1-2-9(12)17/h1-5H,6H2. The van der Waals surface area contributed by atoms with Crippen LogP contribution in [-0.2, 0) is 5.88 Å². The molecule has 0 atom stereocenters. The molecule has 1 aromatic heterocycles. The van der Waals surface area contributed by atoms with Crippen LogP contribution in [0.4, 0.5) is 8.78 Å². The Morgan fingerprint density at radius 1 is 1.19 bits per heavy atom. The molecule has 0 saturated carbocycles. The third-order valence-electron chi connectivity index (χ3n) is 3.03. The summed E-state index contributed by atoms with van der Waals surface area (Å²) in [4.78, 5) is 4.33. The smallest absolute Gasteiger partial charge is 0.139 e. The van der Waals surface area contributed by atoms with Crippen molar-refractivity contribution in [2.75, 3.05) is 0 Å². The Labute approximate surface area is 137 Å². The number of hydrogen-bond acceptors (Lipinski definition) is 1. The van der Waals surface area contributed by atoms with E-state index >= 15 is 0 Å². The average Bonchev–Trinajstić information content (AvgIpc) is 2.79. The Kier molecular flexibility index (Phi) is 3.90. The monoisotopic (exact) mass is 390 g/mol. The van der Waals surface area contributed by atoms with Gasteiger partial charge in [-0.3, -0.25) is 4.57 Å². The molecule has 0 radical (unpaired) electrons. The van der Waals surface area contributed by atoms with Crippen molar-refractivity contribution in [2.45, 2.75) is 5.88 Å². The second-order valence-corrected chi connectivity index (χ2v) is 5.88. The number of aromatic nitrogens is 2. The zero-order chi connectivity index (χ0) is 15.1. The molecule has 7 heteroatoms. The Balaban J connectivity index is 2.40. The summed E-state index contributed by atoms with van der Waals surface area (Å²) in [5, 5.41) is 0.324. The maximum Gasteiger partial charge on any atom is 0.139 e. The molecule has 0 aliphatic carbocycles. The largest absolute Gasteiger partial charge is 0.294 e. The molecule has 0 aliphatic rings. The molecule has 0 aliphatic heterocycles. The predicted molar refractivity (Wildman–Crippen MR) is 83.3 cm³/mol. The first kappa shape index (κ1) is 14.8. The molecule has 0 spiro atoms. The minimum Gasteiger partial charge on any atom is -0.294 e. The summed E-state index contributed by atoms with van der Waals surface area (Å²) in [5.74, 6) is -0.357. The Bertz CT molecular complexity index is 849. The van der Waals surface area contributed by atoms with Crippen LogP contribution in [-0.4, -0.2) is 9.55 Å². The van der Waals surface area contributed by atoms with Gasteiger partial charge in [-0.25, -0.2) is 13.8 Å². The molecule has 0 unspecified atom stereocenters. The highest BCUT2D eigenvalue weighted by Crippen LogP contribution is 2.30. The highest BCUT2D eigenvalue weighted by Gasteiger charge is 2.16. The van der Waals surface area contributed by atoms with E-state index in [0.717, 1.165) is 0 Å². The van der Waals surface area contributed by atoms with Gasteiger partial charge in [0.2, 0.25) is 0 Å². The van der Waals surface area contributed by atoms with Gasteiger partial charge in [0.15, 0.2) is 0 Å². The molecule has 0 N–H and O–H groups in total. The molecule has 2 nitrogen and oxygen atoms in total. The van der Waals surface area contributed by atoms with Crippen LogP contribution in [0.1, 0.15) is 5.82 Å². The van der Waals surface area contributed by atoms with E-state index < -0.39 is 11.6 Å². The second-order valence-electron chi connectivity index (χ2n) is 4.35. The molecule has 3 rings (SSSR count). The van der Waals surface area contributed by atoms with Crippen molar-refractivity contribution in [3.63, 3.8) is 0 Å². The molecule has 21 heavy (non-hydrogen) atoms. The van der Waals surface area contributed by atoms with Gasteiger partial charge in [0, 0.05) is 6.07 Å². The lowest BCUT2D eigenvalue weighted by atomic mass is 10.2. The van der Waals surface area contributed by atoms with Crippen molar-refractivity contribution >= 4 is 50.2 Å². The summed E-state index contributed by atoms with van der Waals surface area (Å²) in [7, 11) is 0. The molecule has 1 heterocycles. The average molecular weight is 392 g/mol. The molecular formula is C14H7BrCl2F2N2. The maximum atomic E-state index is 13.8. The highest BCUT2D eigenvalue weighted by atomic mass is 79.9. The number of nitrogens with zero attached hydrogens (tertiary/aromatic N) is 2. The molecular weight excluding hydrogens is 385 g/mol. The number of alkyl halides is 1. The van der Waals surface area contributed by atoms with E-state index in [1.54, 1.807) is 10.6 Å². The van der Waals surface area contributed by atoms with Gasteiger partial charge in [-0.05, 0) is 40.2 Å². The van der Waals surface area contributed by atoms with E-state index in [1.165, 1.54) is 24.3 Å². The third kappa shape index (κ3) is 2.54. The van der Waals surface area contributed by atoms with Crippen LogP contribution < -0.4 is 0 Å². The van der Waals surface area contributed by atoms with Crippen LogP contribution in [0.5, 0.6) is 0 Å². The number of rotatable bonds is 2. The van der Waals surface area contributed by atoms with E-state index in [9.17, 15) is 8.78 Å². The maximum absolute atomic E-state index is 13.8. The Morgan fingerprint density at radius 3 is 2.67 bits per heavy atom.